The van der Waals surface area contributed by atoms with Crippen LogP contribution < -0.4 is 10.1 Å². The SMILES string of the molecule is O=C(COc1ccc(Br)cc1)Nc1ccc2oc(-c3cccnc3)nc2c1. The van der Waals surface area contributed by atoms with E-state index in [1.54, 1.807) is 42.7 Å². The number of halogens is 1. The molecule has 2 aromatic heterocycles. The lowest BCUT2D eigenvalue weighted by atomic mass is 10.3. The Kier molecular flexibility index (Phi) is 4.84. The Morgan fingerprint density at radius 1 is 1.15 bits per heavy atom. The van der Waals surface area contributed by atoms with Gasteiger partial charge in [0.2, 0.25) is 5.89 Å². The van der Waals surface area contributed by atoms with Gasteiger partial charge in [0.25, 0.3) is 5.91 Å². The molecule has 7 heteroatoms. The van der Waals surface area contributed by atoms with E-state index in [0.717, 1.165) is 10.0 Å². The van der Waals surface area contributed by atoms with Crippen LogP contribution in [-0.4, -0.2) is 22.5 Å². The molecule has 2 aromatic carbocycles. The number of nitrogens with zero attached hydrogens (tertiary/aromatic N) is 2. The summed E-state index contributed by atoms with van der Waals surface area (Å²) in [5, 5.41) is 2.80. The summed E-state index contributed by atoms with van der Waals surface area (Å²) >= 11 is 3.35. The number of hydrogen-bond donors (Lipinski definition) is 1. The zero-order chi connectivity index (χ0) is 18.6. The molecule has 0 saturated heterocycles. The van der Waals surface area contributed by atoms with Crippen LogP contribution in [0.15, 0.2) is 75.9 Å². The summed E-state index contributed by atoms with van der Waals surface area (Å²) in [6.45, 7) is -0.0839. The summed E-state index contributed by atoms with van der Waals surface area (Å²) in [5.74, 6) is 0.856. The van der Waals surface area contributed by atoms with Crippen molar-refractivity contribution < 1.29 is 13.9 Å². The second-order valence-electron chi connectivity index (χ2n) is 5.73. The molecular formula is C20H14BrN3O3. The van der Waals surface area contributed by atoms with E-state index >= 15 is 0 Å². The van der Waals surface area contributed by atoms with Crippen LogP contribution in [-0.2, 0) is 4.79 Å². The fraction of sp³-hybridized carbons (Fsp3) is 0.0500. The molecule has 6 nitrogen and oxygen atoms in total. The Balaban J connectivity index is 1.44. The normalized spacial score (nSPS) is 10.7. The number of aromatic nitrogens is 2. The van der Waals surface area contributed by atoms with Gasteiger partial charge in [-0.05, 0) is 54.6 Å². The Bertz CT molecular complexity index is 1080. The first-order valence-electron chi connectivity index (χ1n) is 8.16. The largest absolute Gasteiger partial charge is 0.484 e. The number of carbonyl (C=O) groups excluding carboxylic acids is 1. The molecule has 0 bridgehead atoms. The lowest BCUT2D eigenvalue weighted by molar-refractivity contribution is -0.118. The fourth-order valence-electron chi connectivity index (χ4n) is 2.49. The second kappa shape index (κ2) is 7.59. The maximum atomic E-state index is 12.1. The van der Waals surface area contributed by atoms with Crippen LogP contribution in [0.4, 0.5) is 5.69 Å². The quantitative estimate of drug-likeness (QED) is 0.504. The van der Waals surface area contributed by atoms with E-state index in [-0.39, 0.29) is 12.5 Å². The third-order valence-corrected chi connectivity index (χ3v) is 4.29. The Morgan fingerprint density at radius 3 is 2.78 bits per heavy atom. The molecule has 1 amide bonds. The van der Waals surface area contributed by atoms with Gasteiger partial charge in [-0.15, -0.1) is 0 Å². The number of benzene rings is 2. The van der Waals surface area contributed by atoms with E-state index < -0.39 is 0 Å². The van der Waals surface area contributed by atoms with Crippen LogP contribution in [0, 0.1) is 0 Å². The number of rotatable bonds is 5. The molecule has 2 heterocycles. The van der Waals surface area contributed by atoms with Crippen molar-refractivity contribution in [3.05, 3.63) is 71.5 Å². The third-order valence-electron chi connectivity index (χ3n) is 3.76. The molecule has 0 aliphatic carbocycles. The maximum Gasteiger partial charge on any atom is 0.262 e. The lowest BCUT2D eigenvalue weighted by Gasteiger charge is -2.07. The summed E-state index contributed by atoms with van der Waals surface area (Å²) in [6.07, 6.45) is 3.38. The fourth-order valence-corrected chi connectivity index (χ4v) is 2.76. The minimum atomic E-state index is -0.256. The number of pyridine rings is 1. The molecule has 0 saturated carbocycles. The van der Waals surface area contributed by atoms with Gasteiger partial charge in [0.15, 0.2) is 12.2 Å². The number of nitrogens with one attached hydrogen (secondary N) is 1. The van der Waals surface area contributed by atoms with Gasteiger partial charge in [0.05, 0.1) is 5.56 Å². The summed E-state index contributed by atoms with van der Waals surface area (Å²) in [4.78, 5) is 20.6. The molecule has 0 radical (unpaired) electrons. The van der Waals surface area contributed by atoms with Crippen LogP contribution in [0.5, 0.6) is 5.75 Å². The zero-order valence-corrected chi connectivity index (χ0v) is 15.6. The van der Waals surface area contributed by atoms with Crippen molar-refractivity contribution in [3.8, 4) is 17.2 Å². The van der Waals surface area contributed by atoms with Crippen molar-refractivity contribution in [2.45, 2.75) is 0 Å². The molecule has 0 aliphatic rings. The monoisotopic (exact) mass is 423 g/mol. The third kappa shape index (κ3) is 4.15. The average Bonchev–Trinajstić information content (AvgIpc) is 3.12. The van der Waals surface area contributed by atoms with Gasteiger partial charge in [-0.2, -0.15) is 0 Å². The Labute approximate surface area is 163 Å². The number of fused-ring (bicyclic) bond motifs is 1. The summed E-state index contributed by atoms with van der Waals surface area (Å²) in [5.41, 5.74) is 2.71. The highest BCUT2D eigenvalue weighted by atomic mass is 79.9. The predicted molar refractivity (Wildman–Crippen MR) is 106 cm³/mol. The first-order chi connectivity index (χ1) is 13.2. The molecule has 1 N–H and O–H groups in total. The van der Waals surface area contributed by atoms with Gasteiger partial charge in [-0.3, -0.25) is 9.78 Å². The summed E-state index contributed by atoms with van der Waals surface area (Å²) in [7, 11) is 0. The van der Waals surface area contributed by atoms with Crippen LogP contribution in [0.3, 0.4) is 0 Å². The standard InChI is InChI=1S/C20H14BrN3O3/c21-14-3-6-16(7-4-14)26-12-19(25)23-15-5-8-18-17(10-15)24-20(27-18)13-2-1-9-22-11-13/h1-11H,12H2,(H,23,25). The minimum Gasteiger partial charge on any atom is -0.484 e. The molecule has 0 atom stereocenters. The van der Waals surface area contributed by atoms with Crippen LogP contribution in [0.1, 0.15) is 0 Å². The first kappa shape index (κ1) is 17.2. The van der Waals surface area contributed by atoms with E-state index in [4.69, 9.17) is 9.15 Å². The van der Waals surface area contributed by atoms with Crippen molar-refractivity contribution in [2.75, 3.05) is 11.9 Å². The summed E-state index contributed by atoms with van der Waals surface area (Å²) in [6, 6.07) is 16.3. The van der Waals surface area contributed by atoms with Gasteiger partial charge in [0, 0.05) is 22.6 Å². The van der Waals surface area contributed by atoms with Gasteiger partial charge >= 0.3 is 0 Å². The van der Waals surface area contributed by atoms with Crippen LogP contribution >= 0.6 is 15.9 Å². The number of hydrogen-bond acceptors (Lipinski definition) is 5. The topological polar surface area (TPSA) is 77.2 Å². The van der Waals surface area contributed by atoms with E-state index in [0.29, 0.717) is 28.4 Å². The molecule has 4 rings (SSSR count). The van der Waals surface area contributed by atoms with E-state index in [2.05, 4.69) is 31.2 Å². The van der Waals surface area contributed by atoms with Gasteiger partial charge in [-0.1, -0.05) is 15.9 Å². The van der Waals surface area contributed by atoms with Crippen molar-refractivity contribution in [1.29, 1.82) is 0 Å². The highest BCUT2D eigenvalue weighted by Crippen LogP contribution is 2.25. The zero-order valence-electron chi connectivity index (χ0n) is 14.1. The number of amides is 1. The lowest BCUT2D eigenvalue weighted by Crippen LogP contribution is -2.20. The van der Waals surface area contributed by atoms with E-state index in [1.165, 1.54) is 0 Å². The van der Waals surface area contributed by atoms with Crippen molar-refractivity contribution in [2.24, 2.45) is 0 Å². The molecule has 0 aliphatic heterocycles. The van der Waals surface area contributed by atoms with Crippen LogP contribution in [0.2, 0.25) is 0 Å². The van der Waals surface area contributed by atoms with E-state index in [9.17, 15) is 4.79 Å². The van der Waals surface area contributed by atoms with Crippen molar-refractivity contribution in [1.82, 2.24) is 9.97 Å². The summed E-state index contributed by atoms with van der Waals surface area (Å²) < 4.78 is 12.2. The van der Waals surface area contributed by atoms with Gasteiger partial charge < -0.3 is 14.5 Å². The molecule has 0 spiro atoms. The molecule has 4 aromatic rings. The molecular weight excluding hydrogens is 410 g/mol. The number of anilines is 1. The Hall–Kier alpha value is -3.19. The van der Waals surface area contributed by atoms with E-state index in [1.807, 2.05) is 24.3 Å². The first-order valence-corrected chi connectivity index (χ1v) is 8.96. The molecule has 134 valence electrons. The smallest absolute Gasteiger partial charge is 0.262 e. The highest BCUT2D eigenvalue weighted by molar-refractivity contribution is 9.10. The van der Waals surface area contributed by atoms with Crippen molar-refractivity contribution >= 4 is 38.6 Å². The molecule has 27 heavy (non-hydrogen) atoms. The van der Waals surface area contributed by atoms with Gasteiger partial charge in [0.1, 0.15) is 11.3 Å². The van der Waals surface area contributed by atoms with Crippen LogP contribution in [0.25, 0.3) is 22.6 Å². The molecule has 0 unspecified atom stereocenters. The second-order valence-corrected chi connectivity index (χ2v) is 6.65. The maximum absolute atomic E-state index is 12.1. The number of oxazole rings is 1. The van der Waals surface area contributed by atoms with Gasteiger partial charge in [-0.25, -0.2) is 4.98 Å². The number of ether oxygens (including phenoxy) is 1. The average molecular weight is 424 g/mol. The minimum absolute atomic E-state index is 0.0839. The highest BCUT2D eigenvalue weighted by Gasteiger charge is 2.10. The Morgan fingerprint density at radius 2 is 2.00 bits per heavy atom. The van der Waals surface area contributed by atoms with Crippen molar-refractivity contribution in [3.63, 3.8) is 0 Å². The number of carbonyl (C=O) groups is 1. The predicted octanol–water partition coefficient (Wildman–Crippen LogP) is 4.67. The molecule has 0 fully saturated rings.